The van der Waals surface area contributed by atoms with Crippen LogP contribution in [-0.4, -0.2) is 18.2 Å². The molecule has 0 bridgehead atoms. The number of nitrogens with one attached hydrogen (secondary N) is 2. The monoisotopic (exact) mass is 232 g/mol. The van der Waals surface area contributed by atoms with Crippen molar-refractivity contribution in [3.8, 4) is 0 Å². The highest BCUT2D eigenvalue weighted by atomic mass is 16.1. The van der Waals surface area contributed by atoms with Gasteiger partial charge in [0.25, 0.3) is 0 Å². The van der Waals surface area contributed by atoms with E-state index >= 15 is 0 Å². The molecule has 1 aromatic carbocycles. The molecule has 0 atom stereocenters. The van der Waals surface area contributed by atoms with E-state index in [0.29, 0.717) is 19.4 Å². The molecule has 0 aromatic heterocycles. The molecule has 4 heteroatoms. The highest BCUT2D eigenvalue weighted by Crippen LogP contribution is 2.25. The van der Waals surface area contributed by atoms with Crippen LogP contribution in [0.1, 0.15) is 25.3 Å². The van der Waals surface area contributed by atoms with Gasteiger partial charge < -0.3 is 10.6 Å². The van der Waals surface area contributed by atoms with Crippen LogP contribution in [0.2, 0.25) is 0 Å². The van der Waals surface area contributed by atoms with Crippen molar-refractivity contribution >= 4 is 23.1 Å². The molecule has 0 saturated heterocycles. The van der Waals surface area contributed by atoms with Crippen LogP contribution in [0.4, 0.5) is 11.4 Å². The lowest BCUT2D eigenvalue weighted by Gasteiger charge is -2.17. The Hall–Kier alpha value is -1.84. The second kappa shape index (κ2) is 4.99. The molecule has 2 rings (SSSR count). The third-order valence-electron chi connectivity index (χ3n) is 2.81. The summed E-state index contributed by atoms with van der Waals surface area (Å²) in [6.45, 7) is 2.24. The van der Waals surface area contributed by atoms with Gasteiger partial charge in [0.05, 0.1) is 0 Å². The third kappa shape index (κ3) is 3.06. The number of ketones is 1. The maximum atomic E-state index is 11.2. The van der Waals surface area contributed by atoms with Crippen molar-refractivity contribution in [1.82, 2.24) is 0 Å². The number of hydrogen-bond acceptors (Lipinski definition) is 3. The molecule has 1 heterocycles. The molecule has 0 aliphatic carbocycles. The van der Waals surface area contributed by atoms with E-state index in [2.05, 4.69) is 10.6 Å². The molecule has 0 spiro atoms. The summed E-state index contributed by atoms with van der Waals surface area (Å²) < 4.78 is 0. The predicted octanol–water partition coefficient (Wildman–Crippen LogP) is 1.96. The number of carbonyl (C=O) groups excluding carboxylic acids is 2. The highest BCUT2D eigenvalue weighted by molar-refractivity contribution is 5.94. The minimum absolute atomic E-state index is 0.0785. The number of hydrogen-bond donors (Lipinski definition) is 2. The van der Waals surface area contributed by atoms with Crippen molar-refractivity contribution in [3.63, 3.8) is 0 Å². The summed E-state index contributed by atoms with van der Waals surface area (Å²) in [5.41, 5.74) is 3.05. The first-order valence-corrected chi connectivity index (χ1v) is 5.81. The summed E-state index contributed by atoms with van der Waals surface area (Å²) in [6.07, 6.45) is 1.86. The van der Waals surface area contributed by atoms with Crippen LogP contribution < -0.4 is 10.6 Å². The van der Waals surface area contributed by atoms with Crippen LogP contribution in [0.25, 0.3) is 0 Å². The van der Waals surface area contributed by atoms with E-state index in [4.69, 9.17) is 0 Å². The Labute approximate surface area is 100 Å². The van der Waals surface area contributed by atoms with Gasteiger partial charge in [-0.15, -0.1) is 0 Å². The molecule has 0 saturated carbocycles. The van der Waals surface area contributed by atoms with Gasteiger partial charge in [-0.2, -0.15) is 0 Å². The summed E-state index contributed by atoms with van der Waals surface area (Å²) in [6, 6.07) is 5.86. The van der Waals surface area contributed by atoms with Gasteiger partial charge in [-0.25, -0.2) is 0 Å². The normalized spacial score (nSPS) is 13.8. The minimum Gasteiger partial charge on any atom is -0.385 e. The lowest BCUT2D eigenvalue weighted by Crippen LogP contribution is -2.19. The highest BCUT2D eigenvalue weighted by Gasteiger charge is 2.14. The largest absolute Gasteiger partial charge is 0.385 e. The van der Waals surface area contributed by atoms with Crippen LogP contribution >= 0.6 is 0 Å². The van der Waals surface area contributed by atoms with E-state index in [-0.39, 0.29) is 11.7 Å². The SMILES string of the molecule is CC(=O)CCNc1ccc2c(c1)CCC(=O)N2. The van der Waals surface area contributed by atoms with Crippen LogP contribution in [0.5, 0.6) is 0 Å². The number of aryl methyl sites for hydroxylation is 1. The van der Waals surface area contributed by atoms with Crippen molar-refractivity contribution in [3.05, 3.63) is 23.8 Å². The molecule has 0 fully saturated rings. The molecule has 0 unspecified atom stereocenters. The van der Waals surface area contributed by atoms with Crippen molar-refractivity contribution in [2.45, 2.75) is 26.2 Å². The average Bonchev–Trinajstić information content (AvgIpc) is 2.29. The average molecular weight is 232 g/mol. The van der Waals surface area contributed by atoms with Gasteiger partial charge in [0, 0.05) is 30.8 Å². The Bertz CT molecular complexity index is 455. The Balaban J connectivity index is 2.01. The molecule has 0 radical (unpaired) electrons. The zero-order valence-electron chi connectivity index (χ0n) is 9.88. The van der Waals surface area contributed by atoms with Gasteiger partial charge >= 0.3 is 0 Å². The fraction of sp³-hybridized carbons (Fsp3) is 0.385. The Morgan fingerprint density at radius 2 is 2.24 bits per heavy atom. The number of anilines is 2. The molecular weight excluding hydrogens is 216 g/mol. The number of fused-ring (bicyclic) bond motifs is 1. The van der Waals surface area contributed by atoms with E-state index in [1.807, 2.05) is 18.2 Å². The Kier molecular flexibility index (Phi) is 3.42. The van der Waals surface area contributed by atoms with Gasteiger partial charge in [0.15, 0.2) is 0 Å². The van der Waals surface area contributed by atoms with Crippen molar-refractivity contribution < 1.29 is 9.59 Å². The fourth-order valence-electron chi connectivity index (χ4n) is 1.88. The van der Waals surface area contributed by atoms with Crippen LogP contribution in [0, 0.1) is 0 Å². The predicted molar refractivity (Wildman–Crippen MR) is 67.2 cm³/mol. The maximum absolute atomic E-state index is 11.2. The maximum Gasteiger partial charge on any atom is 0.224 e. The molecule has 1 amide bonds. The molecule has 1 aliphatic rings. The number of Topliss-reactive ketones (excluding diaryl/α,β-unsaturated/α-hetero) is 1. The van der Waals surface area contributed by atoms with E-state index in [1.54, 1.807) is 6.92 Å². The topological polar surface area (TPSA) is 58.2 Å². The minimum atomic E-state index is 0.0785. The van der Waals surface area contributed by atoms with E-state index < -0.39 is 0 Å². The van der Waals surface area contributed by atoms with Crippen molar-refractivity contribution in [2.24, 2.45) is 0 Å². The molecule has 2 N–H and O–H groups in total. The Morgan fingerprint density at radius 3 is 3.00 bits per heavy atom. The molecule has 1 aromatic rings. The number of carbonyl (C=O) groups is 2. The van der Waals surface area contributed by atoms with Crippen molar-refractivity contribution in [1.29, 1.82) is 0 Å². The first-order valence-electron chi connectivity index (χ1n) is 5.81. The van der Waals surface area contributed by atoms with Gasteiger partial charge in [-0.1, -0.05) is 0 Å². The second-order valence-electron chi connectivity index (χ2n) is 4.30. The van der Waals surface area contributed by atoms with E-state index in [9.17, 15) is 9.59 Å². The summed E-state index contributed by atoms with van der Waals surface area (Å²) in [5.74, 6) is 0.262. The second-order valence-corrected chi connectivity index (χ2v) is 4.30. The lowest BCUT2D eigenvalue weighted by molar-refractivity contribution is -0.117. The zero-order chi connectivity index (χ0) is 12.3. The van der Waals surface area contributed by atoms with Gasteiger partial charge in [0.1, 0.15) is 5.78 Å². The standard InChI is InChI=1S/C13H16N2O2/c1-9(16)6-7-14-11-3-4-12-10(8-11)2-5-13(17)15-12/h3-4,8,14H,2,5-7H2,1H3,(H,15,17). The van der Waals surface area contributed by atoms with Gasteiger partial charge in [-0.3, -0.25) is 9.59 Å². The first-order chi connectivity index (χ1) is 8.15. The first kappa shape index (κ1) is 11.6. The quantitative estimate of drug-likeness (QED) is 0.834. The molecule has 17 heavy (non-hydrogen) atoms. The number of rotatable bonds is 4. The Morgan fingerprint density at radius 1 is 1.41 bits per heavy atom. The lowest BCUT2D eigenvalue weighted by atomic mass is 10.0. The van der Waals surface area contributed by atoms with Crippen LogP contribution in [0.3, 0.4) is 0 Å². The molecule has 1 aliphatic heterocycles. The number of benzene rings is 1. The summed E-state index contributed by atoms with van der Waals surface area (Å²) in [5, 5.41) is 6.04. The fourth-order valence-corrected chi connectivity index (χ4v) is 1.88. The van der Waals surface area contributed by atoms with Crippen LogP contribution in [-0.2, 0) is 16.0 Å². The summed E-state index contributed by atoms with van der Waals surface area (Å²) in [7, 11) is 0. The van der Waals surface area contributed by atoms with Gasteiger partial charge in [-0.05, 0) is 37.1 Å². The van der Waals surface area contributed by atoms with E-state index in [1.165, 1.54) is 0 Å². The molecule has 90 valence electrons. The molecule has 4 nitrogen and oxygen atoms in total. The van der Waals surface area contributed by atoms with Gasteiger partial charge in [0.2, 0.25) is 5.91 Å². The van der Waals surface area contributed by atoms with Crippen LogP contribution in [0.15, 0.2) is 18.2 Å². The smallest absolute Gasteiger partial charge is 0.224 e. The van der Waals surface area contributed by atoms with Crippen molar-refractivity contribution in [2.75, 3.05) is 17.2 Å². The summed E-state index contributed by atoms with van der Waals surface area (Å²) in [4.78, 5) is 22.0. The summed E-state index contributed by atoms with van der Waals surface area (Å²) >= 11 is 0. The van der Waals surface area contributed by atoms with E-state index in [0.717, 1.165) is 23.4 Å². The third-order valence-corrected chi connectivity index (χ3v) is 2.81. The zero-order valence-corrected chi connectivity index (χ0v) is 9.88. The number of amides is 1. The molecular formula is C13H16N2O2.